The Labute approximate surface area is 90.1 Å². The van der Waals surface area contributed by atoms with E-state index in [0.29, 0.717) is 0 Å². The smallest absolute Gasteiger partial charge is 0.229 e. The lowest BCUT2D eigenvalue weighted by atomic mass is 10.1. The molecule has 2 rings (SSSR count). The fourth-order valence-corrected chi connectivity index (χ4v) is 1.65. The lowest BCUT2D eigenvalue weighted by Crippen LogP contribution is -2.32. The number of rotatable bonds is 2. The Balaban J connectivity index is 2.41. The summed E-state index contributed by atoms with van der Waals surface area (Å²) in [5.74, 6) is 0.939. The fourth-order valence-electron chi connectivity index (χ4n) is 1.65. The third-order valence-electron chi connectivity index (χ3n) is 2.57. The fraction of sp³-hybridized carbons (Fsp3) is 0.308. The maximum atomic E-state index is 5.71. The first-order valence-corrected chi connectivity index (χ1v) is 5.28. The van der Waals surface area contributed by atoms with Crippen LogP contribution in [-0.4, -0.2) is 0 Å². The highest BCUT2D eigenvalue weighted by Gasteiger charge is 2.14. The monoisotopic (exact) mass is 202 g/mol. The molecule has 1 aromatic carbocycles. The standard InChI is InChI=1S/C13H16NO/c1-4-14-11(3)9-13(15-14)12-7-5-10(2)6-8-12/h5-9H,4H2,1-3H3/q+1. The van der Waals surface area contributed by atoms with E-state index in [1.165, 1.54) is 5.56 Å². The maximum absolute atomic E-state index is 5.71. The summed E-state index contributed by atoms with van der Waals surface area (Å²) in [5.41, 5.74) is 3.56. The van der Waals surface area contributed by atoms with Crippen LogP contribution in [0.15, 0.2) is 34.9 Å². The number of nitrogens with zero attached hydrogens (tertiary/aromatic N) is 1. The zero-order valence-electron chi connectivity index (χ0n) is 9.45. The van der Waals surface area contributed by atoms with Gasteiger partial charge in [-0.05, 0) is 18.6 Å². The van der Waals surface area contributed by atoms with Gasteiger partial charge in [0, 0.05) is 12.5 Å². The number of benzene rings is 1. The van der Waals surface area contributed by atoms with E-state index in [9.17, 15) is 0 Å². The zero-order chi connectivity index (χ0) is 10.8. The van der Waals surface area contributed by atoms with Gasteiger partial charge in [-0.25, -0.2) is 4.52 Å². The first-order valence-electron chi connectivity index (χ1n) is 5.28. The summed E-state index contributed by atoms with van der Waals surface area (Å²) < 4.78 is 7.60. The molecule has 2 nitrogen and oxygen atoms in total. The summed E-state index contributed by atoms with van der Waals surface area (Å²) in [7, 11) is 0. The summed E-state index contributed by atoms with van der Waals surface area (Å²) >= 11 is 0. The minimum atomic E-state index is 0.873. The molecule has 0 unspecified atom stereocenters. The van der Waals surface area contributed by atoms with Crippen LogP contribution in [0.2, 0.25) is 0 Å². The van der Waals surface area contributed by atoms with Crippen molar-refractivity contribution in [2.75, 3.05) is 0 Å². The second-order valence-corrected chi connectivity index (χ2v) is 3.80. The normalized spacial score (nSPS) is 10.6. The van der Waals surface area contributed by atoms with Gasteiger partial charge in [0.25, 0.3) is 0 Å². The average molecular weight is 202 g/mol. The third-order valence-corrected chi connectivity index (χ3v) is 2.57. The van der Waals surface area contributed by atoms with Crippen molar-refractivity contribution in [3.8, 4) is 11.3 Å². The molecule has 0 aliphatic heterocycles. The highest BCUT2D eigenvalue weighted by Crippen LogP contribution is 2.19. The van der Waals surface area contributed by atoms with Crippen LogP contribution < -0.4 is 4.74 Å². The molecule has 1 aromatic heterocycles. The van der Waals surface area contributed by atoms with E-state index < -0.39 is 0 Å². The topological polar surface area (TPSA) is 17.0 Å². The van der Waals surface area contributed by atoms with Crippen molar-refractivity contribution in [3.63, 3.8) is 0 Å². The van der Waals surface area contributed by atoms with Crippen LogP contribution in [0.1, 0.15) is 18.2 Å². The predicted octanol–water partition coefficient (Wildman–Crippen LogP) is 2.87. The summed E-state index contributed by atoms with van der Waals surface area (Å²) in [5, 5.41) is 0. The van der Waals surface area contributed by atoms with E-state index in [2.05, 4.69) is 51.1 Å². The second kappa shape index (κ2) is 3.89. The molecule has 0 bridgehead atoms. The SMILES string of the molecule is CC[n+]1oc(-c2ccc(C)cc2)cc1C. The molecule has 78 valence electrons. The van der Waals surface area contributed by atoms with E-state index in [4.69, 9.17) is 4.52 Å². The van der Waals surface area contributed by atoms with Crippen molar-refractivity contribution in [2.45, 2.75) is 27.3 Å². The Morgan fingerprint density at radius 2 is 1.80 bits per heavy atom. The number of hydrogen-bond acceptors (Lipinski definition) is 1. The van der Waals surface area contributed by atoms with Gasteiger partial charge in [0.1, 0.15) is 0 Å². The van der Waals surface area contributed by atoms with Gasteiger partial charge in [-0.1, -0.05) is 29.8 Å². The van der Waals surface area contributed by atoms with Gasteiger partial charge in [-0.2, -0.15) is 0 Å². The van der Waals surface area contributed by atoms with Crippen LogP contribution in [0, 0.1) is 13.8 Å². The zero-order valence-corrected chi connectivity index (χ0v) is 9.45. The van der Waals surface area contributed by atoms with Crippen LogP contribution in [0.4, 0.5) is 0 Å². The number of hydrogen-bond donors (Lipinski definition) is 0. The molecular weight excluding hydrogens is 186 g/mol. The van der Waals surface area contributed by atoms with E-state index in [1.54, 1.807) is 0 Å². The number of aryl methyl sites for hydroxylation is 3. The van der Waals surface area contributed by atoms with E-state index >= 15 is 0 Å². The molecule has 15 heavy (non-hydrogen) atoms. The molecule has 1 heterocycles. The first-order chi connectivity index (χ1) is 7.20. The quantitative estimate of drug-likeness (QED) is 0.684. The highest BCUT2D eigenvalue weighted by molar-refractivity contribution is 5.57. The van der Waals surface area contributed by atoms with Gasteiger partial charge in [0.05, 0.1) is 6.07 Å². The van der Waals surface area contributed by atoms with Gasteiger partial charge < -0.3 is 0 Å². The average Bonchev–Trinajstić information content (AvgIpc) is 2.61. The van der Waals surface area contributed by atoms with Crippen LogP contribution in [0.25, 0.3) is 11.3 Å². The Hall–Kier alpha value is -1.57. The van der Waals surface area contributed by atoms with E-state index in [0.717, 1.165) is 23.6 Å². The van der Waals surface area contributed by atoms with Crippen molar-refractivity contribution < 1.29 is 9.26 Å². The molecule has 0 fully saturated rings. The molecule has 0 saturated carbocycles. The largest absolute Gasteiger partial charge is 0.236 e. The number of aromatic nitrogens is 1. The lowest BCUT2D eigenvalue weighted by molar-refractivity contribution is -0.864. The van der Waals surface area contributed by atoms with Gasteiger partial charge in [-0.15, -0.1) is 0 Å². The van der Waals surface area contributed by atoms with Crippen LogP contribution in [0.3, 0.4) is 0 Å². The molecule has 0 spiro atoms. The van der Waals surface area contributed by atoms with E-state index in [-0.39, 0.29) is 0 Å². The van der Waals surface area contributed by atoms with Crippen molar-refractivity contribution in [1.82, 2.24) is 0 Å². The van der Waals surface area contributed by atoms with Gasteiger partial charge in [0.2, 0.25) is 11.5 Å². The minimum absolute atomic E-state index is 0.873. The van der Waals surface area contributed by atoms with E-state index in [1.807, 2.05) is 4.74 Å². The minimum Gasteiger partial charge on any atom is -0.236 e. The van der Waals surface area contributed by atoms with Crippen molar-refractivity contribution >= 4 is 0 Å². The summed E-state index contributed by atoms with van der Waals surface area (Å²) in [6.07, 6.45) is 0. The summed E-state index contributed by atoms with van der Waals surface area (Å²) in [6.45, 7) is 7.10. The first kappa shape index (κ1) is 9.97. The maximum Gasteiger partial charge on any atom is 0.229 e. The molecule has 0 N–H and O–H groups in total. The molecular formula is C13H16NO+. The van der Waals surface area contributed by atoms with Crippen LogP contribution in [0.5, 0.6) is 0 Å². The van der Waals surface area contributed by atoms with Crippen molar-refractivity contribution in [3.05, 3.63) is 41.6 Å². The van der Waals surface area contributed by atoms with Crippen molar-refractivity contribution in [1.29, 1.82) is 0 Å². The molecule has 0 saturated heterocycles. The second-order valence-electron chi connectivity index (χ2n) is 3.80. The van der Waals surface area contributed by atoms with Gasteiger partial charge >= 0.3 is 0 Å². The molecule has 0 aliphatic rings. The Morgan fingerprint density at radius 1 is 1.13 bits per heavy atom. The van der Waals surface area contributed by atoms with Crippen molar-refractivity contribution in [2.24, 2.45) is 0 Å². The molecule has 0 amide bonds. The van der Waals surface area contributed by atoms with Crippen LogP contribution >= 0.6 is 0 Å². The third kappa shape index (κ3) is 1.94. The molecule has 0 aliphatic carbocycles. The summed E-state index contributed by atoms with van der Waals surface area (Å²) in [4.78, 5) is 0. The Kier molecular flexibility index (Phi) is 2.58. The molecule has 2 aromatic rings. The van der Waals surface area contributed by atoms with Crippen LogP contribution in [-0.2, 0) is 6.54 Å². The summed E-state index contributed by atoms with van der Waals surface area (Å²) in [6, 6.07) is 10.5. The molecule has 0 radical (unpaired) electrons. The van der Waals surface area contributed by atoms with Gasteiger partial charge in [-0.3, -0.25) is 0 Å². The lowest BCUT2D eigenvalue weighted by Gasteiger charge is -1.94. The van der Waals surface area contributed by atoms with Gasteiger partial charge in [0.15, 0.2) is 6.54 Å². The Morgan fingerprint density at radius 3 is 2.33 bits per heavy atom. The predicted molar refractivity (Wildman–Crippen MR) is 59.5 cm³/mol. The molecule has 2 heteroatoms. The Bertz CT molecular complexity index is 454. The molecule has 0 atom stereocenters. The highest BCUT2D eigenvalue weighted by atomic mass is 16.5.